The highest BCUT2D eigenvalue weighted by Crippen LogP contribution is 2.20. The second-order valence-electron chi connectivity index (χ2n) is 15.6. The van der Waals surface area contributed by atoms with Crippen LogP contribution < -0.4 is 21.3 Å². The first-order valence-corrected chi connectivity index (χ1v) is 22.2. The van der Waals surface area contributed by atoms with Gasteiger partial charge >= 0.3 is 24.4 Å². The van der Waals surface area contributed by atoms with E-state index in [4.69, 9.17) is 18.9 Å². The number of carbonyl (C=O) groups is 4. The van der Waals surface area contributed by atoms with E-state index in [1.165, 1.54) is 97.1 Å². The molecular weight excluding hydrogens is 953 g/mol. The number of non-ortho nitro benzene ring substituents is 4. The highest BCUT2D eigenvalue weighted by molar-refractivity contribution is 5.86. The van der Waals surface area contributed by atoms with Crippen LogP contribution in [0, 0.1) is 40.5 Å². The standard InChI is InChI=1S/C44H52N12O16/c57-41(45-33-5-1-9-37(29-33)53(61)62)69-25-21-49-13-15-50(22-26-70-42(58)46-34-6-2-10-38(30-34)54(63)64)17-19-52(24-28-72-44(60)48-36-8-4-12-40(32-36)56(67)68)20-18-51(16-14-49)23-27-71-43(59)47-35-7-3-11-39(31-35)55(65)66/h1-12,29-32H,13-28H2,(H,45,57)(H,46,58)(H,47,59)(H,48,60). The van der Waals surface area contributed by atoms with Crippen LogP contribution in [0.5, 0.6) is 0 Å². The molecule has 0 radical (unpaired) electrons. The molecule has 28 nitrogen and oxygen atoms in total. The lowest BCUT2D eigenvalue weighted by molar-refractivity contribution is -0.385. The van der Waals surface area contributed by atoms with Gasteiger partial charge in [-0.15, -0.1) is 0 Å². The molecule has 4 N–H and O–H groups in total. The summed E-state index contributed by atoms with van der Waals surface area (Å²) in [5.41, 5.74) is -0.220. The molecule has 1 fully saturated rings. The van der Waals surface area contributed by atoms with Crippen LogP contribution >= 0.6 is 0 Å². The summed E-state index contributed by atoms with van der Waals surface area (Å²) in [6.45, 7) is 3.95. The van der Waals surface area contributed by atoms with Gasteiger partial charge in [-0.05, 0) is 24.3 Å². The molecule has 1 heterocycles. The number of nitro groups is 4. The minimum Gasteiger partial charge on any atom is -0.448 e. The molecule has 0 atom stereocenters. The molecule has 5 rings (SSSR count). The van der Waals surface area contributed by atoms with Gasteiger partial charge in [0, 0.05) is 127 Å². The largest absolute Gasteiger partial charge is 0.448 e. The third-order valence-corrected chi connectivity index (χ3v) is 10.7. The summed E-state index contributed by atoms with van der Waals surface area (Å²) in [6.07, 6.45) is -3.33. The highest BCUT2D eigenvalue weighted by atomic mass is 16.6. The first kappa shape index (κ1) is 54.3. The molecule has 72 heavy (non-hydrogen) atoms. The van der Waals surface area contributed by atoms with Crippen molar-refractivity contribution in [1.82, 2.24) is 19.6 Å². The zero-order valence-corrected chi connectivity index (χ0v) is 38.7. The number of rotatable bonds is 20. The maximum absolute atomic E-state index is 12.7. The quantitative estimate of drug-likeness (QED) is 0.0459. The van der Waals surface area contributed by atoms with E-state index in [0.717, 1.165) is 0 Å². The molecule has 384 valence electrons. The molecule has 0 aromatic heterocycles. The van der Waals surface area contributed by atoms with Crippen LogP contribution in [0.4, 0.5) is 64.7 Å². The SMILES string of the molecule is O=C(Nc1cccc([N+](=O)[O-])c1)OCCN1CCN(CCOC(=O)Nc2cccc([N+](=O)[O-])c2)CCN(CCOC(=O)Nc2cccc([N+](=O)[O-])c2)CCN(CCOC(=O)Nc2cccc([N+](=O)[O-])c2)CC1. The predicted molar refractivity (Wildman–Crippen MR) is 258 cm³/mol. The topological polar surface area (TPSA) is 339 Å². The zero-order chi connectivity index (χ0) is 51.8. The van der Waals surface area contributed by atoms with E-state index < -0.39 is 44.1 Å². The number of amides is 4. The number of anilines is 4. The number of nitro benzene ring substituents is 4. The zero-order valence-electron chi connectivity index (χ0n) is 38.7. The van der Waals surface area contributed by atoms with Gasteiger partial charge in [0.15, 0.2) is 0 Å². The van der Waals surface area contributed by atoms with E-state index in [0.29, 0.717) is 52.4 Å². The molecule has 4 amide bonds. The van der Waals surface area contributed by atoms with Crippen molar-refractivity contribution in [3.8, 4) is 0 Å². The molecule has 28 heteroatoms. The molecule has 0 spiro atoms. The average Bonchev–Trinajstić information content (AvgIpc) is 3.34. The summed E-state index contributed by atoms with van der Waals surface area (Å²) in [7, 11) is 0. The smallest absolute Gasteiger partial charge is 0.411 e. The van der Waals surface area contributed by atoms with Crippen LogP contribution in [-0.2, 0) is 18.9 Å². The van der Waals surface area contributed by atoms with E-state index in [1.807, 2.05) is 19.6 Å². The first-order chi connectivity index (χ1) is 34.6. The minimum absolute atomic E-state index is 0.0782. The third-order valence-electron chi connectivity index (χ3n) is 10.7. The van der Waals surface area contributed by atoms with Gasteiger partial charge in [0.2, 0.25) is 0 Å². The average molecular weight is 1000 g/mol. The van der Waals surface area contributed by atoms with Crippen LogP contribution in [0.25, 0.3) is 0 Å². The van der Waals surface area contributed by atoms with E-state index >= 15 is 0 Å². The van der Waals surface area contributed by atoms with Gasteiger partial charge in [-0.2, -0.15) is 0 Å². The monoisotopic (exact) mass is 1000 g/mol. The number of hydrogen-bond acceptors (Lipinski definition) is 20. The Hall–Kier alpha value is -8.60. The molecule has 4 aromatic carbocycles. The molecule has 4 aromatic rings. The Morgan fingerprint density at radius 2 is 0.569 bits per heavy atom. The fourth-order valence-electron chi connectivity index (χ4n) is 6.95. The Bertz CT molecular complexity index is 2180. The van der Waals surface area contributed by atoms with Gasteiger partial charge in [-0.3, -0.25) is 81.3 Å². The molecule has 0 unspecified atom stereocenters. The molecule has 0 saturated carbocycles. The summed E-state index contributed by atoms with van der Waals surface area (Å²) in [5.74, 6) is 0. The summed E-state index contributed by atoms with van der Waals surface area (Å²) < 4.78 is 21.8. The third kappa shape index (κ3) is 19.4. The van der Waals surface area contributed by atoms with Crippen molar-refractivity contribution >= 4 is 69.9 Å². The van der Waals surface area contributed by atoms with Crippen LogP contribution in [-0.4, -0.2) is 169 Å². The molecule has 1 saturated heterocycles. The summed E-state index contributed by atoms with van der Waals surface area (Å²) in [4.78, 5) is 102. The molecule has 0 bridgehead atoms. The Balaban J connectivity index is 1.26. The fourth-order valence-corrected chi connectivity index (χ4v) is 6.95. The Morgan fingerprint density at radius 3 is 0.750 bits per heavy atom. The second kappa shape index (κ2) is 28.2. The lowest BCUT2D eigenvalue weighted by Gasteiger charge is -2.34. The molecule has 0 aliphatic carbocycles. The minimum atomic E-state index is -0.834. The first-order valence-electron chi connectivity index (χ1n) is 22.2. The van der Waals surface area contributed by atoms with Gasteiger partial charge in [0.05, 0.1) is 42.4 Å². The lowest BCUT2D eigenvalue weighted by Crippen LogP contribution is -2.48. The summed E-state index contributed by atoms with van der Waals surface area (Å²) in [5, 5.41) is 54.8. The number of carbonyl (C=O) groups excluding carboxylic acids is 4. The fraction of sp³-hybridized carbons (Fsp3) is 0.364. The Kier molecular flexibility index (Phi) is 21.3. The van der Waals surface area contributed by atoms with Crippen molar-refractivity contribution in [2.45, 2.75) is 0 Å². The van der Waals surface area contributed by atoms with Crippen molar-refractivity contribution in [3.05, 3.63) is 138 Å². The van der Waals surface area contributed by atoms with Crippen molar-refractivity contribution in [2.24, 2.45) is 0 Å². The van der Waals surface area contributed by atoms with E-state index in [-0.39, 0.29) is 98.1 Å². The number of benzene rings is 4. The van der Waals surface area contributed by atoms with E-state index in [2.05, 4.69) is 21.3 Å². The number of nitrogens with one attached hydrogen (secondary N) is 4. The second-order valence-corrected chi connectivity index (χ2v) is 15.6. The van der Waals surface area contributed by atoms with Crippen molar-refractivity contribution < 1.29 is 57.8 Å². The summed E-state index contributed by atoms with van der Waals surface area (Å²) in [6, 6.07) is 21.5. The van der Waals surface area contributed by atoms with Gasteiger partial charge in [0.1, 0.15) is 26.4 Å². The van der Waals surface area contributed by atoms with Gasteiger partial charge < -0.3 is 18.9 Å². The number of ether oxygens (including phenoxy) is 4. The lowest BCUT2D eigenvalue weighted by atomic mass is 10.3. The van der Waals surface area contributed by atoms with Crippen molar-refractivity contribution in [3.63, 3.8) is 0 Å². The number of hydrogen-bond donors (Lipinski definition) is 4. The van der Waals surface area contributed by atoms with Gasteiger partial charge in [-0.1, -0.05) is 24.3 Å². The van der Waals surface area contributed by atoms with Crippen LogP contribution in [0.3, 0.4) is 0 Å². The van der Waals surface area contributed by atoms with Gasteiger partial charge in [0.25, 0.3) is 22.7 Å². The molecule has 1 aliphatic heterocycles. The molecular formula is C44H52N12O16. The number of nitrogens with zero attached hydrogens (tertiary/aromatic N) is 8. The maximum atomic E-state index is 12.7. The van der Waals surface area contributed by atoms with Crippen LogP contribution in [0.2, 0.25) is 0 Å². The van der Waals surface area contributed by atoms with E-state index in [9.17, 15) is 59.6 Å². The van der Waals surface area contributed by atoms with Gasteiger partial charge in [-0.25, -0.2) is 19.2 Å². The summed E-state index contributed by atoms with van der Waals surface area (Å²) >= 11 is 0. The molecule has 1 aliphatic rings. The highest BCUT2D eigenvalue weighted by Gasteiger charge is 2.20. The van der Waals surface area contributed by atoms with Crippen LogP contribution in [0.15, 0.2) is 97.1 Å². The normalized spacial score (nSPS) is 14.0. The Morgan fingerprint density at radius 1 is 0.375 bits per heavy atom. The Labute approximate surface area is 410 Å². The van der Waals surface area contributed by atoms with E-state index in [1.54, 1.807) is 0 Å². The van der Waals surface area contributed by atoms with Crippen molar-refractivity contribution in [2.75, 3.05) is 126 Å². The maximum Gasteiger partial charge on any atom is 0.411 e. The van der Waals surface area contributed by atoms with Crippen LogP contribution in [0.1, 0.15) is 0 Å². The van der Waals surface area contributed by atoms with Crippen molar-refractivity contribution in [1.29, 1.82) is 0 Å². The predicted octanol–water partition coefficient (Wildman–Crippen LogP) is 5.84.